The molecule has 18 heavy (non-hydrogen) atoms. The van der Waals surface area contributed by atoms with Crippen molar-refractivity contribution in [2.45, 2.75) is 42.1 Å². The van der Waals surface area contributed by atoms with Crippen molar-refractivity contribution in [1.82, 2.24) is 9.55 Å². The number of hydrogen-bond acceptors (Lipinski definition) is 5. The zero-order valence-electron chi connectivity index (χ0n) is 10.3. The molecule has 1 aromatic rings. The lowest BCUT2D eigenvalue weighted by Crippen LogP contribution is -2.25. The van der Waals surface area contributed by atoms with E-state index in [4.69, 9.17) is 5.73 Å². The van der Waals surface area contributed by atoms with E-state index in [0.717, 1.165) is 17.0 Å². The van der Waals surface area contributed by atoms with Gasteiger partial charge in [0.25, 0.3) is 5.56 Å². The zero-order chi connectivity index (χ0) is 13.3. The van der Waals surface area contributed by atoms with Gasteiger partial charge in [-0.25, -0.2) is 4.98 Å². The molecule has 0 unspecified atom stereocenters. The molecule has 0 saturated carbocycles. The van der Waals surface area contributed by atoms with Crippen LogP contribution in [0.3, 0.4) is 0 Å². The van der Waals surface area contributed by atoms with Crippen LogP contribution in [-0.2, 0) is 17.8 Å². The van der Waals surface area contributed by atoms with Gasteiger partial charge in [-0.05, 0) is 6.92 Å². The van der Waals surface area contributed by atoms with Gasteiger partial charge in [0.1, 0.15) is 0 Å². The van der Waals surface area contributed by atoms with E-state index in [1.54, 1.807) is 16.3 Å². The topological polar surface area (TPSA) is 78.0 Å². The third kappa shape index (κ3) is 2.56. The van der Waals surface area contributed by atoms with E-state index in [0.29, 0.717) is 17.0 Å². The fourth-order valence-electron chi connectivity index (χ4n) is 1.86. The number of carbonyl (C=O) groups excluding carboxylic acids is 1. The summed E-state index contributed by atoms with van der Waals surface area (Å²) in [6, 6.07) is 0. The van der Waals surface area contributed by atoms with Crippen molar-refractivity contribution in [3.63, 3.8) is 0 Å². The Morgan fingerprint density at radius 1 is 1.67 bits per heavy atom. The Balaban J connectivity index is 2.41. The third-order valence-corrected chi connectivity index (χ3v) is 4.84. The predicted octanol–water partition coefficient (Wildman–Crippen LogP) is 0.877. The van der Waals surface area contributed by atoms with E-state index in [9.17, 15) is 9.59 Å². The van der Waals surface area contributed by atoms with Gasteiger partial charge in [0.2, 0.25) is 5.91 Å². The van der Waals surface area contributed by atoms with Crippen molar-refractivity contribution in [2.24, 2.45) is 5.73 Å². The highest BCUT2D eigenvalue weighted by Gasteiger charge is 2.25. The number of nitrogens with zero attached hydrogens (tertiary/aromatic N) is 2. The number of amides is 1. The smallest absolute Gasteiger partial charge is 0.268 e. The Hall–Kier alpha value is -0.950. The lowest BCUT2D eigenvalue weighted by Gasteiger charge is -2.10. The first-order valence-electron chi connectivity index (χ1n) is 5.74. The molecule has 1 amide bonds. The second kappa shape index (κ2) is 5.36. The third-order valence-electron chi connectivity index (χ3n) is 2.62. The molecule has 2 rings (SSSR count). The fourth-order valence-corrected chi connectivity index (χ4v) is 3.79. The lowest BCUT2D eigenvalue weighted by molar-refractivity contribution is -0.115. The molecule has 2 N–H and O–H groups in total. The molecule has 98 valence electrons. The van der Waals surface area contributed by atoms with E-state index in [2.05, 4.69) is 11.9 Å². The molecule has 0 saturated heterocycles. The van der Waals surface area contributed by atoms with Crippen LogP contribution in [0, 0.1) is 0 Å². The molecule has 0 radical (unpaired) electrons. The van der Waals surface area contributed by atoms with Crippen molar-refractivity contribution in [3.8, 4) is 0 Å². The second-order valence-corrected chi connectivity index (χ2v) is 6.50. The number of fused-ring (bicyclic) bond motifs is 1. The van der Waals surface area contributed by atoms with E-state index in [1.165, 1.54) is 11.8 Å². The molecule has 0 aliphatic carbocycles. The molecule has 0 fully saturated rings. The minimum Gasteiger partial charge on any atom is -0.369 e. The summed E-state index contributed by atoms with van der Waals surface area (Å²) < 4.78 is 1.61. The van der Waals surface area contributed by atoms with Crippen LogP contribution in [0.1, 0.15) is 19.5 Å². The van der Waals surface area contributed by atoms with Gasteiger partial charge in [-0.3, -0.25) is 14.2 Å². The van der Waals surface area contributed by atoms with Crippen LogP contribution >= 0.6 is 23.5 Å². The van der Waals surface area contributed by atoms with Gasteiger partial charge in [-0.15, -0.1) is 11.8 Å². The van der Waals surface area contributed by atoms with Crippen molar-refractivity contribution in [1.29, 1.82) is 0 Å². The van der Waals surface area contributed by atoms with Crippen molar-refractivity contribution in [3.05, 3.63) is 16.0 Å². The summed E-state index contributed by atoms with van der Waals surface area (Å²) in [5.41, 5.74) is 5.98. The Labute approximate surface area is 114 Å². The molecule has 7 heteroatoms. The zero-order valence-corrected chi connectivity index (χ0v) is 11.9. The summed E-state index contributed by atoms with van der Waals surface area (Å²) in [6.45, 7) is 4.53. The highest BCUT2D eigenvalue weighted by Crippen LogP contribution is 2.34. The van der Waals surface area contributed by atoms with Crippen molar-refractivity contribution >= 4 is 29.4 Å². The Bertz CT molecular complexity index is 542. The monoisotopic (exact) mass is 285 g/mol. The first kappa shape index (κ1) is 13.5. The van der Waals surface area contributed by atoms with E-state index in [1.807, 2.05) is 6.92 Å². The summed E-state index contributed by atoms with van der Waals surface area (Å²) in [5, 5.41) is 0.983. The molecule has 0 bridgehead atoms. The molecule has 0 aromatic carbocycles. The molecule has 0 spiro atoms. The summed E-state index contributed by atoms with van der Waals surface area (Å²) in [7, 11) is 0. The van der Waals surface area contributed by atoms with Crippen LogP contribution in [0.25, 0.3) is 0 Å². The molecule has 1 aliphatic heterocycles. The number of primary amides is 1. The van der Waals surface area contributed by atoms with Crippen LogP contribution < -0.4 is 11.3 Å². The highest BCUT2D eigenvalue weighted by molar-refractivity contribution is 8.00. The molecule has 1 aromatic heterocycles. The van der Waals surface area contributed by atoms with Crippen LogP contribution in [0.5, 0.6) is 0 Å². The maximum Gasteiger partial charge on any atom is 0.268 e. The SMILES string of the molecule is CCn1c(SCC(N)=O)nc2c(c1=O)S[C@H](C)C2. The number of nitrogens with two attached hydrogens (primary N) is 1. The van der Waals surface area contributed by atoms with Gasteiger partial charge in [0.15, 0.2) is 5.16 Å². The van der Waals surface area contributed by atoms with E-state index >= 15 is 0 Å². The second-order valence-electron chi connectivity index (χ2n) is 4.11. The van der Waals surface area contributed by atoms with Gasteiger partial charge in [0.05, 0.1) is 16.3 Å². The maximum atomic E-state index is 12.3. The minimum atomic E-state index is -0.403. The average Bonchev–Trinajstić information content (AvgIpc) is 2.67. The quantitative estimate of drug-likeness (QED) is 0.656. The largest absolute Gasteiger partial charge is 0.369 e. The molecule has 2 heterocycles. The highest BCUT2D eigenvalue weighted by atomic mass is 32.2. The van der Waals surface area contributed by atoms with E-state index in [-0.39, 0.29) is 11.3 Å². The first-order chi connectivity index (χ1) is 8.52. The van der Waals surface area contributed by atoms with Gasteiger partial charge < -0.3 is 5.73 Å². The van der Waals surface area contributed by atoms with Crippen molar-refractivity contribution in [2.75, 3.05) is 5.75 Å². The summed E-state index contributed by atoms with van der Waals surface area (Å²) in [6.07, 6.45) is 0.809. The molecular weight excluding hydrogens is 270 g/mol. The number of hydrogen-bond donors (Lipinski definition) is 1. The number of carbonyl (C=O) groups is 1. The van der Waals surface area contributed by atoms with Gasteiger partial charge in [0, 0.05) is 18.2 Å². The summed E-state index contributed by atoms with van der Waals surface area (Å²) in [5.74, 6) is -0.256. The minimum absolute atomic E-state index is 0.00354. The molecular formula is C11H15N3O2S2. The maximum absolute atomic E-state index is 12.3. The summed E-state index contributed by atoms with van der Waals surface area (Å²) in [4.78, 5) is 28.4. The number of aromatic nitrogens is 2. The van der Waals surface area contributed by atoms with Crippen molar-refractivity contribution < 1.29 is 4.79 Å². The predicted molar refractivity (Wildman–Crippen MR) is 73.1 cm³/mol. The van der Waals surface area contributed by atoms with Crippen LogP contribution in [0.4, 0.5) is 0 Å². The van der Waals surface area contributed by atoms with Crippen LogP contribution in [-0.4, -0.2) is 26.5 Å². The Kier molecular flexibility index (Phi) is 4.01. The Morgan fingerprint density at radius 3 is 3.00 bits per heavy atom. The van der Waals surface area contributed by atoms with Crippen LogP contribution in [0.2, 0.25) is 0 Å². The first-order valence-corrected chi connectivity index (χ1v) is 7.61. The van der Waals surface area contributed by atoms with E-state index < -0.39 is 5.91 Å². The van der Waals surface area contributed by atoms with Gasteiger partial charge in [-0.2, -0.15) is 0 Å². The molecule has 1 aliphatic rings. The summed E-state index contributed by atoms with van der Waals surface area (Å²) >= 11 is 2.81. The molecule has 1 atom stereocenters. The molecule has 5 nitrogen and oxygen atoms in total. The number of thioether (sulfide) groups is 2. The lowest BCUT2D eigenvalue weighted by atomic mass is 10.2. The fraction of sp³-hybridized carbons (Fsp3) is 0.545. The Morgan fingerprint density at radius 2 is 2.39 bits per heavy atom. The van der Waals surface area contributed by atoms with Crippen LogP contribution in [0.15, 0.2) is 14.8 Å². The standard InChI is InChI=1S/C11H15N3O2S2/c1-3-14-10(16)9-7(4-6(2)18-9)13-11(14)17-5-8(12)15/h6H,3-5H2,1-2H3,(H2,12,15)/t6-/m1/s1. The van der Waals surface area contributed by atoms with Gasteiger partial charge >= 0.3 is 0 Å². The average molecular weight is 285 g/mol. The normalized spacial score (nSPS) is 17.8. The van der Waals surface area contributed by atoms with Gasteiger partial charge in [-0.1, -0.05) is 18.7 Å². The number of rotatable bonds is 4.